The smallest absolute Gasteiger partial charge is 0.152 e. The van der Waals surface area contributed by atoms with Crippen LogP contribution in [0.1, 0.15) is 18.2 Å². The van der Waals surface area contributed by atoms with Gasteiger partial charge >= 0.3 is 0 Å². The van der Waals surface area contributed by atoms with Gasteiger partial charge in [-0.2, -0.15) is 5.10 Å². The summed E-state index contributed by atoms with van der Waals surface area (Å²) in [5.74, 6) is 0. The second-order valence-electron chi connectivity index (χ2n) is 5.56. The van der Waals surface area contributed by atoms with Crippen LogP contribution in [0.2, 0.25) is 5.15 Å². The van der Waals surface area contributed by atoms with Crippen molar-refractivity contribution in [1.29, 1.82) is 0 Å². The van der Waals surface area contributed by atoms with Crippen LogP contribution in [0, 0.1) is 0 Å². The number of hydrogen-bond acceptors (Lipinski definition) is 4. The molecule has 0 aliphatic rings. The maximum Gasteiger partial charge on any atom is 0.152 e. The Morgan fingerprint density at radius 3 is 2.95 bits per heavy atom. The number of pyridine rings is 1. The fourth-order valence-electron chi connectivity index (χ4n) is 2.40. The number of nitrogens with one attached hydrogen (secondary N) is 1. The van der Waals surface area contributed by atoms with Gasteiger partial charge in [-0.1, -0.05) is 17.7 Å². The van der Waals surface area contributed by atoms with E-state index in [0.29, 0.717) is 18.2 Å². The Morgan fingerprint density at radius 2 is 2.23 bits per heavy atom. The van der Waals surface area contributed by atoms with Crippen molar-refractivity contribution >= 4 is 17.2 Å². The molecule has 0 radical (unpaired) electrons. The first-order valence-corrected chi connectivity index (χ1v) is 7.39. The minimum atomic E-state index is -0.999. The normalized spacial score (nSPS) is 14.4. The maximum atomic E-state index is 10.5. The Kier molecular flexibility index (Phi) is 3.90. The fourth-order valence-corrected chi connectivity index (χ4v) is 2.65. The Bertz CT molecular complexity index is 792. The molecule has 0 amide bonds. The van der Waals surface area contributed by atoms with Crippen LogP contribution in [0.25, 0.3) is 5.65 Å². The third kappa shape index (κ3) is 2.85. The number of imidazole rings is 1. The summed E-state index contributed by atoms with van der Waals surface area (Å²) >= 11 is 6.19. The first kappa shape index (κ1) is 15.0. The summed E-state index contributed by atoms with van der Waals surface area (Å²) in [6.45, 7) is 2.66. The number of aromatic nitrogens is 4. The molecule has 0 bridgehead atoms. The number of hydrogen-bond donors (Lipinski definition) is 2. The monoisotopic (exact) mass is 319 g/mol. The Morgan fingerprint density at radius 1 is 1.41 bits per heavy atom. The van der Waals surface area contributed by atoms with Crippen LogP contribution in [0.15, 0.2) is 36.8 Å². The van der Waals surface area contributed by atoms with E-state index in [2.05, 4.69) is 15.4 Å². The van der Waals surface area contributed by atoms with Gasteiger partial charge in [-0.15, -0.1) is 0 Å². The number of fused-ring (bicyclic) bond motifs is 1. The van der Waals surface area contributed by atoms with E-state index in [1.165, 1.54) is 0 Å². The quantitative estimate of drug-likeness (QED) is 0.751. The second kappa shape index (κ2) is 5.72. The van der Waals surface area contributed by atoms with Crippen molar-refractivity contribution in [3.63, 3.8) is 0 Å². The number of nitrogens with zero attached hydrogens (tertiary/aromatic N) is 4. The number of halogens is 1. The van der Waals surface area contributed by atoms with E-state index in [0.717, 1.165) is 16.9 Å². The van der Waals surface area contributed by atoms with Gasteiger partial charge in [-0.3, -0.25) is 4.68 Å². The molecule has 1 unspecified atom stereocenters. The standard InChI is InChI=1S/C15H18ClN5O/c1-15(22,11-7-18-20(2)9-11)10-17-8-12-14(16)19-13-5-3-4-6-21(12)13/h3-7,9,17,22H,8,10H2,1-2H3. The third-order valence-electron chi connectivity index (χ3n) is 3.67. The summed E-state index contributed by atoms with van der Waals surface area (Å²) in [6.07, 6.45) is 5.40. The Balaban J connectivity index is 1.71. The molecule has 0 saturated carbocycles. The van der Waals surface area contributed by atoms with E-state index < -0.39 is 5.60 Å². The molecule has 1 atom stereocenters. The van der Waals surface area contributed by atoms with Gasteiger partial charge in [0.2, 0.25) is 0 Å². The largest absolute Gasteiger partial charge is 0.384 e. The summed E-state index contributed by atoms with van der Waals surface area (Å²) in [4.78, 5) is 4.30. The molecule has 3 heterocycles. The molecule has 22 heavy (non-hydrogen) atoms. The highest BCUT2D eigenvalue weighted by Gasteiger charge is 2.24. The van der Waals surface area contributed by atoms with E-state index in [1.807, 2.05) is 42.0 Å². The van der Waals surface area contributed by atoms with Gasteiger partial charge in [-0.05, 0) is 19.1 Å². The lowest BCUT2D eigenvalue weighted by atomic mass is 10.00. The molecule has 116 valence electrons. The summed E-state index contributed by atoms with van der Waals surface area (Å²) in [7, 11) is 1.82. The van der Waals surface area contributed by atoms with Crippen LogP contribution in [-0.4, -0.2) is 30.8 Å². The minimum absolute atomic E-state index is 0.384. The molecule has 0 aliphatic carbocycles. The molecule has 3 aromatic heterocycles. The number of aryl methyl sites for hydroxylation is 1. The lowest BCUT2D eigenvalue weighted by molar-refractivity contribution is 0.0565. The van der Waals surface area contributed by atoms with Crippen LogP contribution in [0.3, 0.4) is 0 Å². The summed E-state index contributed by atoms with van der Waals surface area (Å²) in [6, 6.07) is 5.75. The van der Waals surface area contributed by atoms with Gasteiger partial charge < -0.3 is 14.8 Å². The number of rotatable bonds is 5. The van der Waals surface area contributed by atoms with Crippen molar-refractivity contribution in [2.75, 3.05) is 6.54 Å². The average Bonchev–Trinajstić information content (AvgIpc) is 3.04. The van der Waals surface area contributed by atoms with Crippen molar-refractivity contribution < 1.29 is 5.11 Å². The molecule has 0 saturated heterocycles. The lowest BCUT2D eigenvalue weighted by Crippen LogP contribution is -2.35. The van der Waals surface area contributed by atoms with Crippen LogP contribution in [0.5, 0.6) is 0 Å². The minimum Gasteiger partial charge on any atom is -0.384 e. The highest BCUT2D eigenvalue weighted by molar-refractivity contribution is 6.30. The average molecular weight is 320 g/mol. The van der Waals surface area contributed by atoms with Crippen molar-refractivity contribution in [1.82, 2.24) is 24.5 Å². The summed E-state index contributed by atoms with van der Waals surface area (Å²) in [5.41, 5.74) is 1.45. The van der Waals surface area contributed by atoms with Gasteiger partial charge in [-0.25, -0.2) is 4.98 Å². The zero-order valence-corrected chi connectivity index (χ0v) is 13.2. The van der Waals surface area contributed by atoms with E-state index >= 15 is 0 Å². The van der Waals surface area contributed by atoms with Crippen LogP contribution in [0.4, 0.5) is 0 Å². The zero-order chi connectivity index (χ0) is 15.7. The summed E-state index contributed by atoms with van der Waals surface area (Å²) < 4.78 is 3.61. The molecule has 6 nitrogen and oxygen atoms in total. The molecule has 0 spiro atoms. The van der Waals surface area contributed by atoms with E-state index in [4.69, 9.17) is 11.6 Å². The molecule has 3 rings (SSSR count). The predicted octanol–water partition coefficient (Wildman–Crippen LogP) is 1.72. The molecular weight excluding hydrogens is 302 g/mol. The first-order chi connectivity index (χ1) is 10.5. The van der Waals surface area contributed by atoms with Crippen LogP contribution >= 0.6 is 11.6 Å². The molecular formula is C15H18ClN5O. The lowest BCUT2D eigenvalue weighted by Gasteiger charge is -2.22. The highest BCUT2D eigenvalue weighted by Crippen LogP contribution is 2.20. The van der Waals surface area contributed by atoms with Gasteiger partial charge in [0, 0.05) is 38.1 Å². The van der Waals surface area contributed by atoms with E-state index in [9.17, 15) is 5.11 Å². The molecule has 0 aromatic carbocycles. The van der Waals surface area contributed by atoms with Gasteiger partial charge in [0.25, 0.3) is 0 Å². The highest BCUT2D eigenvalue weighted by atomic mass is 35.5. The van der Waals surface area contributed by atoms with E-state index in [-0.39, 0.29) is 0 Å². The van der Waals surface area contributed by atoms with Crippen LogP contribution in [-0.2, 0) is 19.2 Å². The summed E-state index contributed by atoms with van der Waals surface area (Å²) in [5, 5.41) is 18.3. The van der Waals surface area contributed by atoms with Crippen molar-refractivity contribution in [2.45, 2.75) is 19.1 Å². The molecule has 0 aliphatic heterocycles. The second-order valence-corrected chi connectivity index (χ2v) is 5.92. The third-order valence-corrected chi connectivity index (χ3v) is 3.97. The first-order valence-electron chi connectivity index (χ1n) is 7.01. The topological polar surface area (TPSA) is 67.4 Å². The van der Waals surface area contributed by atoms with Crippen molar-refractivity contribution in [2.24, 2.45) is 7.05 Å². The van der Waals surface area contributed by atoms with Crippen molar-refractivity contribution in [3.05, 3.63) is 53.2 Å². The molecule has 2 N–H and O–H groups in total. The maximum absolute atomic E-state index is 10.5. The van der Waals surface area contributed by atoms with E-state index in [1.54, 1.807) is 17.8 Å². The van der Waals surface area contributed by atoms with Crippen molar-refractivity contribution in [3.8, 4) is 0 Å². The Labute approximate surface area is 133 Å². The Hall–Kier alpha value is -1.89. The van der Waals surface area contributed by atoms with Gasteiger partial charge in [0.05, 0.1) is 11.9 Å². The van der Waals surface area contributed by atoms with Gasteiger partial charge in [0.15, 0.2) is 5.15 Å². The molecule has 3 aromatic rings. The predicted molar refractivity (Wildman–Crippen MR) is 84.7 cm³/mol. The SMILES string of the molecule is Cn1cc(C(C)(O)CNCc2c(Cl)nc3ccccn23)cn1. The zero-order valence-electron chi connectivity index (χ0n) is 12.5. The molecule has 7 heteroatoms. The fraction of sp³-hybridized carbons (Fsp3) is 0.333. The number of aliphatic hydroxyl groups is 1. The van der Waals surface area contributed by atoms with Crippen LogP contribution < -0.4 is 5.32 Å². The molecule has 0 fully saturated rings. The van der Waals surface area contributed by atoms with Gasteiger partial charge in [0.1, 0.15) is 11.2 Å².